The molecular formula is C27H26Cl2F6N4O. The third-order valence-corrected chi connectivity index (χ3v) is 8.65. The first-order valence-electron chi connectivity index (χ1n) is 12.8. The molecule has 0 bridgehead atoms. The van der Waals surface area contributed by atoms with Gasteiger partial charge in [0.25, 0.3) is 0 Å². The average Bonchev–Trinajstić information content (AvgIpc) is 3.65. The van der Waals surface area contributed by atoms with Crippen LogP contribution in [0.3, 0.4) is 0 Å². The van der Waals surface area contributed by atoms with Gasteiger partial charge in [0.15, 0.2) is 0 Å². The molecule has 2 fully saturated rings. The summed E-state index contributed by atoms with van der Waals surface area (Å²) in [6, 6.07) is 8.50. The maximum absolute atomic E-state index is 13.2. The lowest BCUT2D eigenvalue weighted by atomic mass is 9.96. The van der Waals surface area contributed by atoms with Crippen LogP contribution in [0.2, 0.25) is 10.0 Å². The molecule has 5 rings (SSSR count). The fourth-order valence-electron chi connectivity index (χ4n) is 5.26. The number of amides is 1. The summed E-state index contributed by atoms with van der Waals surface area (Å²) in [5.41, 5.74) is 0.976. The Balaban J connectivity index is 1.32. The lowest BCUT2D eigenvalue weighted by molar-refractivity contribution is -0.192. The third-order valence-electron chi connectivity index (χ3n) is 7.98. The second-order valence-corrected chi connectivity index (χ2v) is 11.4. The fourth-order valence-corrected chi connectivity index (χ4v) is 5.72. The highest BCUT2D eigenvalue weighted by molar-refractivity contribution is 6.34. The molecule has 0 radical (unpaired) electrons. The Morgan fingerprint density at radius 3 is 2.33 bits per heavy atom. The summed E-state index contributed by atoms with van der Waals surface area (Å²) in [6.07, 6.45) is -8.91. The van der Waals surface area contributed by atoms with Crippen LogP contribution >= 0.6 is 23.2 Å². The van der Waals surface area contributed by atoms with Crippen LogP contribution in [0, 0.1) is 11.3 Å². The standard InChI is InChI=1S/C27H26Cl2F6N4O/c1-38-22-13-21(39-8-4-17(5-9-39)26(30,31)32)19(29)12-20(22)37-23(38)11-16-10-15(2-3-18(16)28)14-36-24(40)25(6-7-25)27(33,34)35/h2-3,10,12-13,17H,4-9,11,14H2,1H3,(H,36,40). The Hall–Kier alpha value is -2.66. The van der Waals surface area contributed by atoms with Gasteiger partial charge in [0.05, 0.1) is 27.7 Å². The minimum absolute atomic E-state index is 0.000979. The Kier molecular flexibility index (Phi) is 7.44. The van der Waals surface area contributed by atoms with E-state index in [2.05, 4.69) is 10.3 Å². The number of imidazole rings is 1. The summed E-state index contributed by atoms with van der Waals surface area (Å²) in [4.78, 5) is 18.8. The summed E-state index contributed by atoms with van der Waals surface area (Å²) >= 11 is 12.9. The van der Waals surface area contributed by atoms with Crippen molar-refractivity contribution in [3.63, 3.8) is 0 Å². The van der Waals surface area contributed by atoms with Crippen molar-refractivity contribution in [2.45, 2.75) is 51.0 Å². The maximum Gasteiger partial charge on any atom is 0.403 e. The van der Waals surface area contributed by atoms with Gasteiger partial charge >= 0.3 is 12.4 Å². The molecule has 216 valence electrons. The second kappa shape index (κ2) is 10.3. The van der Waals surface area contributed by atoms with Crippen molar-refractivity contribution >= 4 is 45.8 Å². The largest absolute Gasteiger partial charge is 0.403 e. The van der Waals surface area contributed by atoms with Gasteiger partial charge in [-0.05, 0) is 55.0 Å². The van der Waals surface area contributed by atoms with Crippen molar-refractivity contribution in [3.8, 4) is 0 Å². The quantitative estimate of drug-likeness (QED) is 0.302. The number of halogens is 8. The highest BCUT2D eigenvalue weighted by Crippen LogP contribution is 2.57. The highest BCUT2D eigenvalue weighted by Gasteiger charge is 2.68. The summed E-state index contributed by atoms with van der Waals surface area (Å²) in [7, 11) is 1.81. The van der Waals surface area contributed by atoms with Gasteiger partial charge in [0, 0.05) is 38.1 Å². The van der Waals surface area contributed by atoms with Crippen LogP contribution in [-0.4, -0.2) is 40.9 Å². The molecule has 2 heterocycles. The Labute approximate surface area is 236 Å². The summed E-state index contributed by atoms with van der Waals surface area (Å²) in [5, 5.41) is 3.23. The van der Waals surface area contributed by atoms with E-state index in [4.69, 9.17) is 23.2 Å². The first-order chi connectivity index (χ1) is 18.7. The summed E-state index contributed by atoms with van der Waals surface area (Å²) in [5.74, 6) is -1.71. The van der Waals surface area contributed by atoms with Crippen LogP contribution in [0.1, 0.15) is 42.6 Å². The number of aryl methyl sites for hydroxylation is 1. The van der Waals surface area contributed by atoms with Gasteiger partial charge in [-0.1, -0.05) is 35.3 Å². The first-order valence-corrected chi connectivity index (χ1v) is 13.5. The molecule has 3 aromatic rings. The molecule has 13 heteroatoms. The molecule has 1 N–H and O–H groups in total. The predicted molar refractivity (Wildman–Crippen MR) is 141 cm³/mol. The van der Waals surface area contributed by atoms with Gasteiger partial charge < -0.3 is 14.8 Å². The zero-order chi connectivity index (χ0) is 29.0. The van der Waals surface area contributed by atoms with Crippen LogP contribution in [-0.2, 0) is 24.8 Å². The van der Waals surface area contributed by atoms with E-state index in [0.29, 0.717) is 44.6 Å². The minimum atomic E-state index is -4.58. The fraction of sp³-hybridized carbons (Fsp3) is 0.481. The van der Waals surface area contributed by atoms with Gasteiger partial charge in [-0.2, -0.15) is 26.3 Å². The zero-order valence-corrected chi connectivity index (χ0v) is 22.9. The predicted octanol–water partition coefficient (Wildman–Crippen LogP) is 7.21. The molecule has 2 aliphatic rings. The van der Waals surface area contributed by atoms with Gasteiger partial charge in [0.1, 0.15) is 11.2 Å². The monoisotopic (exact) mass is 606 g/mol. The van der Waals surface area contributed by atoms with Crippen molar-refractivity contribution in [2.24, 2.45) is 18.4 Å². The number of alkyl halides is 6. The molecule has 5 nitrogen and oxygen atoms in total. The molecular weight excluding hydrogens is 581 g/mol. The van der Waals surface area contributed by atoms with Crippen LogP contribution in [0.5, 0.6) is 0 Å². The molecule has 1 saturated heterocycles. The minimum Gasteiger partial charge on any atom is -0.370 e. The number of anilines is 1. The van der Waals surface area contributed by atoms with E-state index in [1.54, 1.807) is 24.3 Å². The van der Waals surface area contributed by atoms with E-state index in [9.17, 15) is 31.1 Å². The van der Waals surface area contributed by atoms with Crippen molar-refractivity contribution < 1.29 is 31.1 Å². The van der Waals surface area contributed by atoms with Gasteiger partial charge in [-0.3, -0.25) is 4.79 Å². The molecule has 1 aliphatic heterocycles. The van der Waals surface area contributed by atoms with Crippen LogP contribution in [0.4, 0.5) is 32.0 Å². The number of carbonyl (C=O) groups is 1. The number of hydrogen-bond donors (Lipinski definition) is 1. The van der Waals surface area contributed by atoms with Crippen molar-refractivity contribution in [3.05, 3.63) is 57.3 Å². The number of rotatable bonds is 6. The SMILES string of the molecule is Cn1c(Cc2cc(CNC(=O)C3(C(F)(F)F)CC3)ccc2Cl)nc2cc(Cl)c(N3CCC(C(F)(F)F)CC3)cc21. The molecule has 1 amide bonds. The maximum atomic E-state index is 13.2. The highest BCUT2D eigenvalue weighted by atomic mass is 35.5. The van der Waals surface area contributed by atoms with Crippen LogP contribution in [0.15, 0.2) is 30.3 Å². The molecule has 0 atom stereocenters. The molecule has 40 heavy (non-hydrogen) atoms. The number of nitrogens with zero attached hydrogens (tertiary/aromatic N) is 3. The average molecular weight is 607 g/mol. The van der Waals surface area contributed by atoms with E-state index < -0.39 is 29.6 Å². The number of piperidine rings is 1. The number of hydrogen-bond acceptors (Lipinski definition) is 3. The van der Waals surface area contributed by atoms with Gasteiger partial charge in [-0.25, -0.2) is 4.98 Å². The van der Waals surface area contributed by atoms with Gasteiger partial charge in [-0.15, -0.1) is 0 Å². The van der Waals surface area contributed by atoms with Crippen molar-refractivity contribution in [1.82, 2.24) is 14.9 Å². The summed E-state index contributed by atoms with van der Waals surface area (Å²) < 4.78 is 80.8. The van der Waals surface area contributed by atoms with Crippen LogP contribution < -0.4 is 10.2 Å². The lowest BCUT2D eigenvalue weighted by Gasteiger charge is -2.34. The van der Waals surface area contributed by atoms with E-state index in [-0.39, 0.29) is 45.3 Å². The van der Waals surface area contributed by atoms with Crippen molar-refractivity contribution in [1.29, 1.82) is 0 Å². The Morgan fingerprint density at radius 2 is 1.73 bits per heavy atom. The number of aromatic nitrogens is 2. The molecule has 1 aliphatic carbocycles. The number of benzene rings is 2. The van der Waals surface area contributed by atoms with E-state index in [1.807, 2.05) is 22.6 Å². The summed E-state index contributed by atoms with van der Waals surface area (Å²) in [6.45, 7) is 0.402. The number of fused-ring (bicyclic) bond motifs is 1. The van der Waals surface area contributed by atoms with E-state index in [1.165, 1.54) is 0 Å². The van der Waals surface area contributed by atoms with Gasteiger partial charge in [0.2, 0.25) is 5.91 Å². The second-order valence-electron chi connectivity index (χ2n) is 10.5. The molecule has 2 aromatic carbocycles. The molecule has 0 spiro atoms. The molecule has 0 unspecified atom stereocenters. The molecule has 1 saturated carbocycles. The Morgan fingerprint density at radius 1 is 1.05 bits per heavy atom. The van der Waals surface area contributed by atoms with Crippen LogP contribution in [0.25, 0.3) is 11.0 Å². The Bertz CT molecular complexity index is 1440. The normalized spacial score (nSPS) is 17.9. The van der Waals surface area contributed by atoms with Crippen molar-refractivity contribution in [2.75, 3.05) is 18.0 Å². The topological polar surface area (TPSA) is 50.2 Å². The molecule has 1 aromatic heterocycles. The lowest BCUT2D eigenvalue weighted by Crippen LogP contribution is -2.40. The van der Waals surface area contributed by atoms with E-state index >= 15 is 0 Å². The number of carbonyl (C=O) groups excluding carboxylic acids is 1. The zero-order valence-electron chi connectivity index (χ0n) is 21.4. The smallest absolute Gasteiger partial charge is 0.370 e. The third kappa shape index (κ3) is 5.46. The van der Waals surface area contributed by atoms with E-state index in [0.717, 1.165) is 5.52 Å². The first kappa shape index (κ1) is 28.9. The number of nitrogens with one attached hydrogen (secondary N) is 1.